The SMILES string of the molecule is C[Si](C)(C)O[Si](C)(C)O[Si](C)(C)O[Si](C)(C)O[Si](C)(C)O[Si](C)(CCCNCCN)O[Si](C)(C)O[Si](C)(C)O[Si](C)(C)O[Si](C)(C)O[Si](C)(C)C. The van der Waals surface area contributed by atoms with Gasteiger partial charge in [0.05, 0.1) is 0 Å². The fourth-order valence-electron chi connectivity index (χ4n) is 7.12. The van der Waals surface area contributed by atoms with Crippen LogP contribution in [0.5, 0.6) is 0 Å². The molecule has 0 bridgehead atoms. The van der Waals surface area contributed by atoms with E-state index in [4.69, 9.17) is 46.9 Å². The van der Waals surface area contributed by atoms with Crippen molar-refractivity contribution in [3.05, 3.63) is 0 Å². The van der Waals surface area contributed by atoms with E-state index in [1.807, 2.05) is 0 Å². The predicted molar refractivity (Wildman–Crippen MR) is 240 cm³/mol. The Labute approximate surface area is 326 Å². The molecule has 3 N–H and O–H groups in total. The van der Waals surface area contributed by atoms with E-state index in [0.29, 0.717) is 6.54 Å². The molecule has 0 radical (unpaired) electrons. The van der Waals surface area contributed by atoms with Crippen molar-refractivity contribution in [1.82, 2.24) is 5.32 Å². The van der Waals surface area contributed by atoms with Crippen LogP contribution in [0.15, 0.2) is 0 Å². The molecule has 0 aromatic heterocycles. The summed E-state index contributed by atoms with van der Waals surface area (Å²) in [6.07, 6.45) is 0.890. The molecule has 0 heterocycles. The number of nitrogens with two attached hydrogens (primary N) is 1. The van der Waals surface area contributed by atoms with Crippen LogP contribution in [0.3, 0.4) is 0 Å². The summed E-state index contributed by atoms with van der Waals surface area (Å²) in [5.41, 5.74) is 5.73. The molecule has 0 aliphatic carbocycles. The summed E-state index contributed by atoms with van der Waals surface area (Å²) in [4.78, 5) is 0. The van der Waals surface area contributed by atoms with E-state index in [9.17, 15) is 0 Å². The first-order valence-electron chi connectivity index (χ1n) is 18.6. The Bertz CT molecular complexity index is 999. The van der Waals surface area contributed by atoms with E-state index in [0.717, 1.165) is 25.6 Å². The molecular formula is C28H82N2O10Si11. The van der Waals surface area contributed by atoms with Gasteiger partial charge in [-0.1, -0.05) is 0 Å². The molecule has 23 heteroatoms. The normalized spacial score (nSPS) is 15.5. The van der Waals surface area contributed by atoms with Crippen LogP contribution < -0.4 is 11.1 Å². The van der Waals surface area contributed by atoms with E-state index in [2.05, 4.69) is 156 Å². The Morgan fingerprint density at radius 1 is 0.333 bits per heavy atom. The zero-order chi connectivity index (χ0) is 40.8. The van der Waals surface area contributed by atoms with Crippen molar-refractivity contribution < 1.29 is 41.2 Å². The number of rotatable bonds is 26. The van der Waals surface area contributed by atoms with Gasteiger partial charge in [-0.3, -0.25) is 0 Å². The van der Waals surface area contributed by atoms with Crippen LogP contribution in [0.2, 0.25) is 157 Å². The highest BCUT2D eigenvalue weighted by molar-refractivity contribution is 6.93. The summed E-state index contributed by atoms with van der Waals surface area (Å²) in [5, 5.41) is 3.42. The van der Waals surface area contributed by atoms with Crippen molar-refractivity contribution in [3.8, 4) is 0 Å². The van der Waals surface area contributed by atoms with Gasteiger partial charge in [0, 0.05) is 13.1 Å². The molecule has 0 rings (SSSR count). The van der Waals surface area contributed by atoms with Gasteiger partial charge in [-0.25, -0.2) is 0 Å². The van der Waals surface area contributed by atoms with Crippen LogP contribution in [0.1, 0.15) is 6.42 Å². The molecule has 308 valence electrons. The Morgan fingerprint density at radius 3 is 0.804 bits per heavy atom. The molecule has 51 heavy (non-hydrogen) atoms. The van der Waals surface area contributed by atoms with E-state index in [1.165, 1.54) is 0 Å². The highest BCUT2D eigenvalue weighted by Crippen LogP contribution is 2.32. The lowest BCUT2D eigenvalue weighted by Crippen LogP contribution is -2.63. The monoisotopic (exact) mass is 914 g/mol. The van der Waals surface area contributed by atoms with Crippen LogP contribution in [0.4, 0.5) is 0 Å². The van der Waals surface area contributed by atoms with Crippen molar-refractivity contribution in [2.45, 2.75) is 163 Å². The summed E-state index contributed by atoms with van der Waals surface area (Å²) in [7, 11) is -27.3. The van der Waals surface area contributed by atoms with Crippen molar-refractivity contribution in [3.63, 3.8) is 0 Å². The van der Waals surface area contributed by atoms with Crippen LogP contribution in [-0.4, -0.2) is 113 Å². The van der Waals surface area contributed by atoms with Gasteiger partial charge in [-0.15, -0.1) is 0 Å². The summed E-state index contributed by atoms with van der Waals surface area (Å²) in [6.45, 7) is 51.1. The lowest BCUT2D eigenvalue weighted by atomic mass is 10.5. The van der Waals surface area contributed by atoms with Crippen LogP contribution in [0.25, 0.3) is 0 Å². The quantitative estimate of drug-likeness (QED) is 0.0638. The van der Waals surface area contributed by atoms with Crippen LogP contribution in [0, 0.1) is 0 Å². The average molecular weight is 916 g/mol. The molecule has 0 aliphatic heterocycles. The third kappa shape index (κ3) is 26.5. The van der Waals surface area contributed by atoms with E-state index in [1.54, 1.807) is 0 Å². The predicted octanol–water partition coefficient (Wildman–Crippen LogP) is 8.45. The zero-order valence-corrected chi connectivity index (χ0v) is 48.2. The first-order valence-corrected chi connectivity index (χ1v) is 50.4. The fourth-order valence-corrected chi connectivity index (χ4v) is 62.2. The Kier molecular flexibility index (Phi) is 19.8. The lowest BCUT2D eigenvalue weighted by Gasteiger charge is -2.45. The van der Waals surface area contributed by atoms with Gasteiger partial charge < -0.3 is 52.2 Å². The Morgan fingerprint density at radius 2 is 0.569 bits per heavy atom. The summed E-state index contributed by atoms with van der Waals surface area (Å²) in [5.74, 6) is 0. The lowest BCUT2D eigenvalue weighted by molar-refractivity contribution is 0.251. The molecule has 0 saturated carbocycles. The Balaban J connectivity index is 6.05. The molecule has 0 atom stereocenters. The summed E-state index contributed by atoms with van der Waals surface area (Å²) < 4.78 is 68.0. The smallest absolute Gasteiger partial charge is 0.317 e. The average Bonchev–Trinajstić information content (AvgIpc) is 2.68. The van der Waals surface area contributed by atoms with Gasteiger partial charge in [0.25, 0.3) is 0 Å². The van der Waals surface area contributed by atoms with Gasteiger partial charge in [-0.05, 0) is 170 Å². The fraction of sp³-hybridized carbons (Fsp3) is 1.00. The third-order valence-corrected chi connectivity index (χ3v) is 47.4. The molecule has 0 aromatic rings. The molecule has 0 amide bonds. The minimum Gasteiger partial charge on any atom is -0.437 e. The second-order valence-corrected chi connectivity index (χ2v) is 61.0. The maximum absolute atomic E-state index is 7.12. The summed E-state index contributed by atoms with van der Waals surface area (Å²) >= 11 is 0. The number of nitrogens with one attached hydrogen (secondary N) is 1. The Hall–Kier alpha value is 1.91. The maximum atomic E-state index is 7.12. The molecular weight excluding hydrogens is 833 g/mol. The van der Waals surface area contributed by atoms with E-state index < -0.39 is 93.7 Å². The van der Waals surface area contributed by atoms with Gasteiger partial charge in [0.2, 0.25) is 0 Å². The van der Waals surface area contributed by atoms with Crippen LogP contribution in [-0.2, 0) is 41.2 Å². The van der Waals surface area contributed by atoms with Crippen molar-refractivity contribution in [2.24, 2.45) is 5.73 Å². The first kappa shape index (κ1) is 52.9. The van der Waals surface area contributed by atoms with E-state index >= 15 is 0 Å². The summed E-state index contributed by atoms with van der Waals surface area (Å²) in [6, 6.07) is 0.782. The minimum atomic E-state index is -2.85. The molecule has 0 aliphatic rings. The second-order valence-electron chi connectivity index (χ2n) is 19.2. The number of hydrogen-bond donors (Lipinski definition) is 2. The topological polar surface area (TPSA) is 130 Å². The largest absolute Gasteiger partial charge is 0.437 e. The van der Waals surface area contributed by atoms with Gasteiger partial charge in [-0.2, -0.15) is 0 Å². The zero-order valence-electron chi connectivity index (χ0n) is 37.2. The molecule has 12 nitrogen and oxygen atoms in total. The molecule has 0 fully saturated rings. The molecule has 0 saturated heterocycles. The van der Waals surface area contributed by atoms with Gasteiger partial charge in [0.15, 0.2) is 16.6 Å². The van der Waals surface area contributed by atoms with Crippen molar-refractivity contribution >= 4 is 93.7 Å². The first-order chi connectivity index (χ1) is 22.1. The van der Waals surface area contributed by atoms with Crippen molar-refractivity contribution in [1.29, 1.82) is 0 Å². The van der Waals surface area contributed by atoms with E-state index in [-0.39, 0.29) is 0 Å². The molecule has 0 spiro atoms. The molecule has 0 unspecified atom stereocenters. The van der Waals surface area contributed by atoms with Crippen LogP contribution >= 0.6 is 0 Å². The van der Waals surface area contributed by atoms with Gasteiger partial charge in [0.1, 0.15) is 0 Å². The van der Waals surface area contributed by atoms with Gasteiger partial charge >= 0.3 is 77.0 Å². The highest BCUT2D eigenvalue weighted by atomic mass is 28.5. The molecule has 0 aromatic carbocycles. The maximum Gasteiger partial charge on any atom is 0.317 e. The standard InChI is InChI=1S/C28H82N2O10Si11/c1-41(2,3)31-43(7,8)33-45(11,12)35-47(15,16)37-49(19,20)39-51(23,28-24-26-30-27-25-29)40-50(21,22)38-48(17,18)36-46(13,14)34-44(9,10)32-42(4,5)6/h30H,24-29H2,1-23H3. The highest BCUT2D eigenvalue weighted by Gasteiger charge is 2.52. The number of hydrogen-bond acceptors (Lipinski definition) is 12. The second kappa shape index (κ2) is 19.1. The third-order valence-electron chi connectivity index (χ3n) is 6.28. The van der Waals surface area contributed by atoms with Crippen molar-refractivity contribution in [2.75, 3.05) is 19.6 Å². The minimum absolute atomic E-state index is 0.601.